The Hall–Kier alpha value is -2.41. The number of aromatic nitrogens is 3. The number of nitrogens with zero attached hydrogens (tertiary/aromatic N) is 4. The van der Waals surface area contributed by atoms with E-state index < -0.39 is 22.5 Å². The number of terminal acetylenes is 1. The molecule has 25 heavy (non-hydrogen) atoms. The maximum atomic E-state index is 12.4. The molecule has 2 aromatic rings. The van der Waals surface area contributed by atoms with Crippen LogP contribution in [0.3, 0.4) is 0 Å². The number of anilines is 1. The Bertz CT molecular complexity index is 890. The number of nitrogens with one attached hydrogen (secondary N) is 1. The molecule has 1 N–H and O–H groups in total. The van der Waals surface area contributed by atoms with Crippen molar-refractivity contribution in [2.75, 3.05) is 23.7 Å². The predicted molar refractivity (Wildman–Crippen MR) is 95.0 cm³/mol. The lowest BCUT2D eigenvalue weighted by atomic mass is 10.4. The van der Waals surface area contributed by atoms with Crippen molar-refractivity contribution >= 4 is 33.2 Å². The first-order valence-electron chi connectivity index (χ1n) is 7.24. The molecule has 0 aromatic carbocycles. The Morgan fingerprint density at radius 3 is 2.88 bits per heavy atom. The molecule has 2 heterocycles. The number of pyridine rings is 1. The molecule has 0 aliphatic rings. The van der Waals surface area contributed by atoms with Crippen LogP contribution in [0.2, 0.25) is 5.15 Å². The molecule has 0 unspecified atom stereocenters. The largest absolute Gasteiger partial charge is 0.295 e. The van der Waals surface area contributed by atoms with Gasteiger partial charge in [-0.15, -0.1) is 6.42 Å². The second-order valence-corrected chi connectivity index (χ2v) is 7.32. The highest BCUT2D eigenvalue weighted by Crippen LogP contribution is 2.25. The first-order chi connectivity index (χ1) is 11.9. The summed E-state index contributed by atoms with van der Waals surface area (Å²) in [7, 11) is -3.50. The highest BCUT2D eigenvalue weighted by Gasteiger charge is 2.22. The van der Waals surface area contributed by atoms with E-state index in [1.54, 1.807) is 24.5 Å². The normalized spacial score (nSPS) is 11.1. The van der Waals surface area contributed by atoms with Crippen LogP contribution >= 0.6 is 11.6 Å². The fraction of sp³-hybridized carbons (Fsp3) is 0.267. The van der Waals surface area contributed by atoms with E-state index in [2.05, 4.69) is 20.7 Å². The third kappa shape index (κ3) is 4.79. The highest BCUT2D eigenvalue weighted by molar-refractivity contribution is 7.89. The van der Waals surface area contributed by atoms with E-state index in [1.807, 2.05) is 0 Å². The lowest BCUT2D eigenvalue weighted by Crippen LogP contribution is -2.41. The Morgan fingerprint density at radius 2 is 2.28 bits per heavy atom. The maximum Gasteiger partial charge on any atom is 0.243 e. The lowest BCUT2D eigenvalue weighted by Gasteiger charge is -2.19. The van der Waals surface area contributed by atoms with Gasteiger partial charge in [-0.1, -0.05) is 17.5 Å². The van der Waals surface area contributed by atoms with Gasteiger partial charge in [0.25, 0.3) is 0 Å². The lowest BCUT2D eigenvalue weighted by molar-refractivity contribution is -0.117. The fourth-order valence-electron chi connectivity index (χ4n) is 1.91. The molecule has 0 spiro atoms. The summed E-state index contributed by atoms with van der Waals surface area (Å²) in [6, 6.07) is 3.50. The summed E-state index contributed by atoms with van der Waals surface area (Å²) in [5.74, 6) is 1.69. The zero-order valence-electron chi connectivity index (χ0n) is 13.4. The zero-order valence-corrected chi connectivity index (χ0v) is 15.0. The number of sulfonamides is 1. The van der Waals surface area contributed by atoms with Crippen molar-refractivity contribution in [1.82, 2.24) is 19.5 Å². The summed E-state index contributed by atoms with van der Waals surface area (Å²) in [5.41, 5.74) is 0.930. The van der Waals surface area contributed by atoms with Crippen LogP contribution in [-0.4, -0.2) is 47.9 Å². The third-order valence-corrected chi connectivity index (χ3v) is 4.84. The minimum Gasteiger partial charge on any atom is -0.295 e. The summed E-state index contributed by atoms with van der Waals surface area (Å²) >= 11 is 6.13. The minimum atomic E-state index is -3.50. The van der Waals surface area contributed by atoms with Crippen molar-refractivity contribution in [3.05, 3.63) is 35.9 Å². The van der Waals surface area contributed by atoms with E-state index in [4.69, 9.17) is 18.0 Å². The number of amides is 1. The zero-order chi connectivity index (χ0) is 18.4. The molecule has 0 saturated carbocycles. The van der Waals surface area contributed by atoms with E-state index in [0.29, 0.717) is 5.69 Å². The minimum absolute atomic E-state index is 0.0609. The monoisotopic (exact) mass is 381 g/mol. The van der Waals surface area contributed by atoms with E-state index >= 15 is 0 Å². The average Bonchev–Trinajstić information content (AvgIpc) is 3.00. The van der Waals surface area contributed by atoms with Gasteiger partial charge < -0.3 is 0 Å². The van der Waals surface area contributed by atoms with Crippen LogP contribution in [0.1, 0.15) is 6.92 Å². The number of halogens is 1. The van der Waals surface area contributed by atoms with Gasteiger partial charge in [0, 0.05) is 6.20 Å². The second kappa shape index (κ2) is 8.11. The third-order valence-electron chi connectivity index (χ3n) is 3.23. The molecule has 10 heteroatoms. The van der Waals surface area contributed by atoms with Gasteiger partial charge in [0.1, 0.15) is 5.69 Å². The van der Waals surface area contributed by atoms with Gasteiger partial charge in [-0.3, -0.25) is 14.7 Å². The van der Waals surface area contributed by atoms with Crippen LogP contribution < -0.4 is 9.62 Å². The molecule has 0 aliphatic carbocycles. The second-order valence-electron chi connectivity index (χ2n) is 4.87. The Labute approximate surface area is 150 Å². The fourth-order valence-corrected chi connectivity index (χ4v) is 2.69. The molecule has 0 bridgehead atoms. The standard InChI is InChI=1S/C15H16ClN5O3S/c1-3-8-20(14(22)10-18-25(23,24)4-2)13-11-21(19-15(13)16)12-6-5-7-17-9-12/h1,5-7,9,11,18H,4,8,10H2,2H3. The van der Waals surface area contributed by atoms with Gasteiger partial charge in [0.2, 0.25) is 15.9 Å². The molecule has 0 saturated heterocycles. The first-order valence-corrected chi connectivity index (χ1v) is 9.27. The summed E-state index contributed by atoms with van der Waals surface area (Å²) in [5, 5.41) is 4.19. The average molecular weight is 382 g/mol. The summed E-state index contributed by atoms with van der Waals surface area (Å²) < 4.78 is 26.7. The van der Waals surface area contributed by atoms with Crippen molar-refractivity contribution in [1.29, 1.82) is 0 Å². The number of carbonyl (C=O) groups is 1. The van der Waals surface area contributed by atoms with Gasteiger partial charge >= 0.3 is 0 Å². The molecular weight excluding hydrogens is 366 g/mol. The van der Waals surface area contributed by atoms with Crippen LogP contribution in [0.25, 0.3) is 5.69 Å². The molecule has 2 aromatic heterocycles. The van der Waals surface area contributed by atoms with Gasteiger partial charge in [0.15, 0.2) is 5.15 Å². The topological polar surface area (TPSA) is 97.2 Å². The van der Waals surface area contributed by atoms with Crippen molar-refractivity contribution in [3.8, 4) is 18.0 Å². The first kappa shape index (κ1) is 18.9. The van der Waals surface area contributed by atoms with Gasteiger partial charge in [0.05, 0.1) is 36.9 Å². The van der Waals surface area contributed by atoms with Gasteiger partial charge in [-0.05, 0) is 19.1 Å². The van der Waals surface area contributed by atoms with Crippen LogP contribution in [0, 0.1) is 12.3 Å². The van der Waals surface area contributed by atoms with Gasteiger partial charge in [-0.25, -0.2) is 17.8 Å². The molecule has 1 amide bonds. The number of carbonyl (C=O) groups excluding carboxylic acids is 1. The smallest absolute Gasteiger partial charge is 0.243 e. The molecule has 0 aliphatic heterocycles. The van der Waals surface area contributed by atoms with E-state index in [1.165, 1.54) is 22.7 Å². The van der Waals surface area contributed by atoms with Crippen LogP contribution in [0.5, 0.6) is 0 Å². The molecule has 0 radical (unpaired) electrons. The highest BCUT2D eigenvalue weighted by atomic mass is 35.5. The van der Waals surface area contributed by atoms with Crippen LogP contribution in [0.4, 0.5) is 5.69 Å². The van der Waals surface area contributed by atoms with E-state index in [9.17, 15) is 13.2 Å². The molecule has 0 atom stereocenters. The Balaban J connectivity index is 2.27. The molecule has 8 nitrogen and oxygen atoms in total. The van der Waals surface area contributed by atoms with Crippen LogP contribution in [-0.2, 0) is 14.8 Å². The van der Waals surface area contributed by atoms with Crippen molar-refractivity contribution in [2.45, 2.75) is 6.92 Å². The summed E-state index contributed by atoms with van der Waals surface area (Å²) in [6.07, 6.45) is 10.0. The van der Waals surface area contributed by atoms with Crippen molar-refractivity contribution in [3.63, 3.8) is 0 Å². The Morgan fingerprint density at radius 1 is 1.52 bits per heavy atom. The Kier molecular flexibility index (Phi) is 6.14. The quantitative estimate of drug-likeness (QED) is 0.716. The van der Waals surface area contributed by atoms with Crippen LogP contribution in [0.15, 0.2) is 30.7 Å². The molecule has 0 fully saturated rings. The van der Waals surface area contributed by atoms with Gasteiger partial charge in [-0.2, -0.15) is 5.10 Å². The number of hydrogen-bond acceptors (Lipinski definition) is 5. The number of hydrogen-bond donors (Lipinski definition) is 1. The predicted octanol–water partition coefficient (Wildman–Crippen LogP) is 0.826. The maximum absolute atomic E-state index is 12.4. The molecule has 132 valence electrons. The SMILES string of the molecule is C#CCN(C(=O)CNS(=O)(=O)CC)c1cn(-c2cccnc2)nc1Cl. The van der Waals surface area contributed by atoms with E-state index in [0.717, 1.165) is 0 Å². The van der Waals surface area contributed by atoms with Crippen molar-refractivity contribution < 1.29 is 13.2 Å². The molecular formula is C15H16ClN5O3S. The number of rotatable bonds is 7. The van der Waals surface area contributed by atoms with E-state index in [-0.39, 0.29) is 23.1 Å². The van der Waals surface area contributed by atoms with Crippen molar-refractivity contribution in [2.24, 2.45) is 0 Å². The summed E-state index contributed by atoms with van der Waals surface area (Å²) in [4.78, 5) is 17.6. The molecule has 2 rings (SSSR count). The summed E-state index contributed by atoms with van der Waals surface area (Å²) in [6.45, 7) is 0.970.